The lowest BCUT2D eigenvalue weighted by Gasteiger charge is -2.16. The van der Waals surface area contributed by atoms with Crippen LogP contribution >= 0.6 is 11.6 Å². The molecule has 0 bridgehead atoms. The highest BCUT2D eigenvalue weighted by atomic mass is 35.5. The number of hydrogen-bond acceptors (Lipinski definition) is 7. The van der Waals surface area contributed by atoms with Gasteiger partial charge in [-0.25, -0.2) is 15.0 Å². The summed E-state index contributed by atoms with van der Waals surface area (Å²) in [5, 5.41) is 28.9. The van der Waals surface area contributed by atoms with Gasteiger partial charge in [-0.05, 0) is 0 Å². The van der Waals surface area contributed by atoms with Crippen molar-refractivity contribution in [2.45, 2.75) is 24.5 Å². The fourth-order valence-corrected chi connectivity index (χ4v) is 2.30. The number of halogens is 1. The number of imidazole rings is 1. The molecule has 1 aliphatic rings. The summed E-state index contributed by atoms with van der Waals surface area (Å²) in [6.45, 7) is -0.392. The van der Waals surface area contributed by atoms with Gasteiger partial charge in [-0.3, -0.25) is 4.57 Å². The number of fused-ring (bicyclic) bond motifs is 1. The van der Waals surface area contributed by atoms with Crippen LogP contribution in [0.3, 0.4) is 0 Å². The van der Waals surface area contributed by atoms with Crippen LogP contribution in [0.4, 0.5) is 0 Å². The van der Waals surface area contributed by atoms with Gasteiger partial charge in [-0.15, -0.1) is 0 Å². The minimum Gasteiger partial charge on any atom is -0.394 e. The van der Waals surface area contributed by atoms with Gasteiger partial charge in [-0.2, -0.15) is 0 Å². The summed E-state index contributed by atoms with van der Waals surface area (Å²) >= 11 is 5.88. The number of aliphatic hydroxyl groups excluding tert-OH is 3. The van der Waals surface area contributed by atoms with E-state index in [4.69, 9.17) is 21.4 Å². The quantitative estimate of drug-likeness (QED) is 0.613. The van der Waals surface area contributed by atoms with Gasteiger partial charge in [0.25, 0.3) is 0 Å². The molecule has 3 rings (SSSR count). The van der Waals surface area contributed by atoms with E-state index < -0.39 is 31.1 Å². The van der Waals surface area contributed by atoms with E-state index in [9.17, 15) is 10.2 Å². The molecule has 9 heteroatoms. The molecule has 19 heavy (non-hydrogen) atoms. The second kappa shape index (κ2) is 4.66. The van der Waals surface area contributed by atoms with Crippen molar-refractivity contribution in [3.8, 4) is 0 Å². The average Bonchev–Trinajstić information content (AvgIpc) is 2.94. The Kier molecular flexibility index (Phi) is 3.11. The molecule has 1 fully saturated rings. The number of nitrogens with zero attached hydrogens (tertiary/aromatic N) is 4. The summed E-state index contributed by atoms with van der Waals surface area (Å²) in [5.74, 6) is 0. The molecule has 0 amide bonds. The van der Waals surface area contributed by atoms with Crippen molar-refractivity contribution in [2.24, 2.45) is 0 Å². The highest BCUT2D eigenvalue weighted by Gasteiger charge is 2.43. The second-order valence-corrected chi connectivity index (χ2v) is 4.58. The molecule has 0 radical (unpaired) electrons. The second-order valence-electron chi connectivity index (χ2n) is 4.22. The Morgan fingerprint density at radius 1 is 1.26 bits per heavy atom. The molecule has 0 saturated carbocycles. The van der Waals surface area contributed by atoms with Gasteiger partial charge in [0.15, 0.2) is 17.0 Å². The maximum Gasteiger partial charge on any atom is 0.167 e. The number of aromatic nitrogens is 4. The van der Waals surface area contributed by atoms with Gasteiger partial charge in [0.1, 0.15) is 30.2 Å². The lowest BCUT2D eigenvalue weighted by atomic mass is 10.1. The molecule has 0 unspecified atom stereocenters. The zero-order valence-electron chi connectivity index (χ0n) is 9.59. The first-order chi connectivity index (χ1) is 9.13. The molecule has 2 aromatic heterocycles. The van der Waals surface area contributed by atoms with E-state index in [1.54, 1.807) is 0 Å². The first-order valence-corrected chi connectivity index (χ1v) is 5.96. The molecule has 2 aromatic rings. The first kappa shape index (κ1) is 12.7. The van der Waals surface area contributed by atoms with Crippen molar-refractivity contribution in [1.29, 1.82) is 0 Å². The van der Waals surface area contributed by atoms with Crippen molar-refractivity contribution in [2.75, 3.05) is 6.61 Å². The predicted molar refractivity (Wildman–Crippen MR) is 63.3 cm³/mol. The van der Waals surface area contributed by atoms with E-state index in [0.29, 0.717) is 11.2 Å². The highest BCUT2D eigenvalue weighted by Crippen LogP contribution is 2.31. The molecule has 102 valence electrons. The highest BCUT2D eigenvalue weighted by molar-refractivity contribution is 6.33. The third kappa shape index (κ3) is 1.88. The molecule has 0 aromatic carbocycles. The smallest absolute Gasteiger partial charge is 0.167 e. The van der Waals surface area contributed by atoms with Crippen LogP contribution in [0.1, 0.15) is 6.23 Å². The van der Waals surface area contributed by atoms with Crippen molar-refractivity contribution >= 4 is 22.8 Å². The van der Waals surface area contributed by atoms with Crippen LogP contribution in [0.25, 0.3) is 11.2 Å². The van der Waals surface area contributed by atoms with Gasteiger partial charge in [0, 0.05) is 0 Å². The molecule has 8 nitrogen and oxygen atoms in total. The Labute approximate surface area is 112 Å². The summed E-state index contributed by atoms with van der Waals surface area (Å²) in [6, 6.07) is 0. The normalized spacial score (nSPS) is 31.2. The van der Waals surface area contributed by atoms with E-state index in [-0.39, 0.29) is 5.15 Å². The van der Waals surface area contributed by atoms with Crippen LogP contribution < -0.4 is 0 Å². The van der Waals surface area contributed by atoms with Gasteiger partial charge in [-0.1, -0.05) is 11.6 Å². The average molecular weight is 287 g/mol. The molecule has 3 N–H and O–H groups in total. The van der Waals surface area contributed by atoms with Crippen molar-refractivity contribution in [3.05, 3.63) is 17.8 Å². The third-order valence-corrected chi connectivity index (χ3v) is 3.38. The van der Waals surface area contributed by atoms with E-state index in [2.05, 4.69) is 15.0 Å². The van der Waals surface area contributed by atoms with E-state index in [0.717, 1.165) is 0 Å². The summed E-state index contributed by atoms with van der Waals surface area (Å²) in [7, 11) is 0. The maximum atomic E-state index is 9.95. The lowest BCUT2D eigenvalue weighted by molar-refractivity contribution is -0.0511. The maximum absolute atomic E-state index is 9.95. The monoisotopic (exact) mass is 286 g/mol. The van der Waals surface area contributed by atoms with Gasteiger partial charge < -0.3 is 20.1 Å². The minimum atomic E-state index is -1.19. The van der Waals surface area contributed by atoms with E-state index in [1.165, 1.54) is 17.2 Å². The lowest BCUT2D eigenvalue weighted by Crippen LogP contribution is -2.33. The molecule has 0 spiro atoms. The van der Waals surface area contributed by atoms with Crippen LogP contribution in [-0.2, 0) is 4.74 Å². The van der Waals surface area contributed by atoms with Crippen LogP contribution in [0, 0.1) is 0 Å². The van der Waals surface area contributed by atoms with Crippen molar-refractivity contribution in [1.82, 2.24) is 19.5 Å². The Balaban J connectivity index is 2.04. The molecule has 1 saturated heterocycles. The van der Waals surface area contributed by atoms with Gasteiger partial charge >= 0.3 is 0 Å². The van der Waals surface area contributed by atoms with E-state index >= 15 is 0 Å². The summed E-state index contributed by atoms with van der Waals surface area (Å²) in [5.41, 5.74) is 0.761. The van der Waals surface area contributed by atoms with Crippen LogP contribution in [0.15, 0.2) is 12.7 Å². The standard InChI is InChI=1S/C10H11ClN4O4/c11-8-5-9(13-2-12-8)15(3-14-5)10-7(18)6(17)4(1-16)19-10/h2-4,6-7,10,16-18H,1H2/t4-,6-,7-,10+/m1/s1. The largest absolute Gasteiger partial charge is 0.394 e. The van der Waals surface area contributed by atoms with Crippen molar-refractivity contribution in [3.63, 3.8) is 0 Å². The Bertz CT molecular complexity index is 606. The number of ether oxygens (including phenoxy) is 1. The molecule has 3 heterocycles. The molecule has 0 aliphatic carbocycles. The van der Waals surface area contributed by atoms with Gasteiger partial charge in [0.2, 0.25) is 0 Å². The summed E-state index contributed by atoms with van der Waals surface area (Å²) in [4.78, 5) is 11.9. The minimum absolute atomic E-state index is 0.190. The summed E-state index contributed by atoms with van der Waals surface area (Å²) < 4.78 is 6.85. The molecular formula is C10H11ClN4O4. The summed E-state index contributed by atoms with van der Waals surface area (Å²) in [6.07, 6.45) is -1.44. The SMILES string of the molecule is OC[C@H]1O[C@H](n2cnc3c(Cl)ncnc32)[C@H](O)[C@@H]1O. The van der Waals surface area contributed by atoms with Crippen molar-refractivity contribution < 1.29 is 20.1 Å². The van der Waals surface area contributed by atoms with Gasteiger partial charge in [0.05, 0.1) is 12.9 Å². The Hall–Kier alpha value is -1.32. The zero-order valence-corrected chi connectivity index (χ0v) is 10.3. The predicted octanol–water partition coefficient (Wildman–Crippen LogP) is -0.909. The Morgan fingerprint density at radius 2 is 2.05 bits per heavy atom. The number of aliphatic hydroxyl groups is 3. The van der Waals surface area contributed by atoms with Crippen LogP contribution in [-0.4, -0.2) is 59.8 Å². The van der Waals surface area contributed by atoms with Crippen LogP contribution in [0.2, 0.25) is 5.15 Å². The molecule has 1 aliphatic heterocycles. The Morgan fingerprint density at radius 3 is 2.74 bits per heavy atom. The third-order valence-electron chi connectivity index (χ3n) is 3.11. The fourth-order valence-electron chi connectivity index (χ4n) is 2.12. The molecular weight excluding hydrogens is 276 g/mol. The fraction of sp³-hybridized carbons (Fsp3) is 0.500. The zero-order chi connectivity index (χ0) is 13.6. The number of rotatable bonds is 2. The van der Waals surface area contributed by atoms with E-state index in [1.807, 2.05) is 0 Å². The number of hydrogen-bond donors (Lipinski definition) is 3. The first-order valence-electron chi connectivity index (χ1n) is 5.59. The topological polar surface area (TPSA) is 114 Å². The molecule has 4 atom stereocenters. The van der Waals surface area contributed by atoms with Crippen LogP contribution in [0.5, 0.6) is 0 Å².